The summed E-state index contributed by atoms with van der Waals surface area (Å²) in [4.78, 5) is 12.5. The fourth-order valence-electron chi connectivity index (χ4n) is 2.70. The van der Waals surface area contributed by atoms with Crippen molar-refractivity contribution in [2.24, 2.45) is 0 Å². The Bertz CT molecular complexity index is 840. The molecule has 0 aromatic heterocycles. The third-order valence-electron chi connectivity index (χ3n) is 3.98. The molecule has 0 radical (unpaired) electrons. The van der Waals surface area contributed by atoms with Crippen LogP contribution in [-0.2, 0) is 10.0 Å². The van der Waals surface area contributed by atoms with Gasteiger partial charge in [-0.1, -0.05) is 31.5 Å². The Balaban J connectivity index is 2.15. The van der Waals surface area contributed by atoms with Crippen LogP contribution in [0.2, 0.25) is 0 Å². The number of sulfonamides is 1. The van der Waals surface area contributed by atoms with E-state index in [1.807, 2.05) is 39.0 Å². The zero-order valence-electron chi connectivity index (χ0n) is 15.5. The van der Waals surface area contributed by atoms with Gasteiger partial charge in [0.15, 0.2) is 0 Å². The van der Waals surface area contributed by atoms with Gasteiger partial charge in [0.05, 0.1) is 4.90 Å². The predicted octanol–water partition coefficient (Wildman–Crippen LogP) is 4.06. The molecule has 2 aromatic rings. The topological polar surface area (TPSA) is 66.5 Å². The smallest absolute Gasteiger partial charge is 0.255 e. The first-order valence-electron chi connectivity index (χ1n) is 8.86. The van der Waals surface area contributed by atoms with Crippen LogP contribution in [0.25, 0.3) is 0 Å². The Labute approximate surface area is 156 Å². The second-order valence-electron chi connectivity index (χ2n) is 6.25. The summed E-state index contributed by atoms with van der Waals surface area (Å²) in [5.74, 6) is -0.220. The van der Waals surface area contributed by atoms with E-state index in [-0.39, 0.29) is 10.8 Å². The first-order chi connectivity index (χ1) is 12.4. The fourth-order valence-corrected chi connectivity index (χ4v) is 4.32. The molecule has 0 fully saturated rings. The number of hydrogen-bond acceptors (Lipinski definition) is 3. The number of amides is 1. The van der Waals surface area contributed by atoms with Gasteiger partial charge in [0.1, 0.15) is 0 Å². The van der Waals surface area contributed by atoms with Crippen molar-refractivity contribution in [1.82, 2.24) is 4.31 Å². The zero-order valence-corrected chi connectivity index (χ0v) is 16.3. The van der Waals surface area contributed by atoms with Gasteiger partial charge in [0.2, 0.25) is 10.0 Å². The van der Waals surface area contributed by atoms with E-state index < -0.39 is 10.0 Å². The third-order valence-corrected chi connectivity index (χ3v) is 5.89. The van der Waals surface area contributed by atoms with Crippen LogP contribution in [-0.4, -0.2) is 31.7 Å². The van der Waals surface area contributed by atoms with Crippen molar-refractivity contribution < 1.29 is 13.2 Å². The lowest BCUT2D eigenvalue weighted by Gasteiger charge is -2.21. The molecule has 6 heteroatoms. The van der Waals surface area contributed by atoms with E-state index in [9.17, 15) is 13.2 Å². The Morgan fingerprint density at radius 1 is 1.00 bits per heavy atom. The zero-order chi connectivity index (χ0) is 19.2. The Morgan fingerprint density at radius 2 is 1.62 bits per heavy atom. The molecule has 0 spiro atoms. The predicted molar refractivity (Wildman–Crippen MR) is 105 cm³/mol. The molecule has 1 amide bonds. The van der Waals surface area contributed by atoms with Crippen molar-refractivity contribution in [3.05, 3.63) is 59.7 Å². The third kappa shape index (κ3) is 4.93. The summed E-state index contributed by atoms with van der Waals surface area (Å²) in [5.41, 5.74) is 2.14. The van der Waals surface area contributed by atoms with Crippen LogP contribution < -0.4 is 5.32 Å². The highest BCUT2D eigenvalue weighted by molar-refractivity contribution is 7.89. The van der Waals surface area contributed by atoms with Gasteiger partial charge < -0.3 is 5.32 Å². The van der Waals surface area contributed by atoms with Crippen LogP contribution in [0.1, 0.15) is 42.6 Å². The minimum absolute atomic E-state index is 0.220. The van der Waals surface area contributed by atoms with E-state index in [4.69, 9.17) is 0 Å². The second kappa shape index (κ2) is 8.96. The minimum Gasteiger partial charge on any atom is -0.322 e. The van der Waals surface area contributed by atoms with Gasteiger partial charge in [-0.2, -0.15) is 4.31 Å². The van der Waals surface area contributed by atoms with Gasteiger partial charge in [-0.15, -0.1) is 0 Å². The van der Waals surface area contributed by atoms with Gasteiger partial charge in [0.25, 0.3) is 5.91 Å². The van der Waals surface area contributed by atoms with Crippen LogP contribution in [0.15, 0.2) is 53.4 Å². The lowest BCUT2D eigenvalue weighted by Crippen LogP contribution is -2.32. The largest absolute Gasteiger partial charge is 0.322 e. The number of nitrogens with zero attached hydrogens (tertiary/aromatic N) is 1. The molecule has 0 aliphatic carbocycles. The summed E-state index contributed by atoms with van der Waals surface area (Å²) in [6.07, 6.45) is 1.54. The quantitative estimate of drug-likeness (QED) is 0.758. The maximum atomic E-state index is 12.7. The highest BCUT2D eigenvalue weighted by Crippen LogP contribution is 2.19. The van der Waals surface area contributed by atoms with Crippen molar-refractivity contribution in [3.63, 3.8) is 0 Å². The highest BCUT2D eigenvalue weighted by Gasteiger charge is 2.22. The molecule has 0 atom stereocenters. The number of anilines is 1. The molecule has 0 heterocycles. The number of aryl methyl sites for hydroxylation is 1. The molecule has 5 nitrogen and oxygen atoms in total. The highest BCUT2D eigenvalue weighted by atomic mass is 32.2. The van der Waals surface area contributed by atoms with Crippen LogP contribution in [0.4, 0.5) is 5.69 Å². The van der Waals surface area contributed by atoms with Crippen LogP contribution in [0.3, 0.4) is 0 Å². The normalized spacial score (nSPS) is 11.5. The summed E-state index contributed by atoms with van der Waals surface area (Å²) in [6, 6.07) is 13.6. The average molecular weight is 375 g/mol. The van der Waals surface area contributed by atoms with E-state index in [1.165, 1.54) is 4.31 Å². The molecule has 140 valence electrons. The van der Waals surface area contributed by atoms with E-state index in [0.717, 1.165) is 18.4 Å². The number of nitrogens with one attached hydrogen (secondary N) is 1. The first kappa shape index (κ1) is 20.1. The van der Waals surface area contributed by atoms with Crippen LogP contribution >= 0.6 is 0 Å². The molecule has 0 saturated carbocycles. The first-order valence-corrected chi connectivity index (χ1v) is 10.3. The molecule has 0 saturated heterocycles. The van der Waals surface area contributed by atoms with Crippen LogP contribution in [0, 0.1) is 6.92 Å². The Kier molecular flexibility index (Phi) is 6.94. The van der Waals surface area contributed by atoms with E-state index in [2.05, 4.69) is 5.32 Å². The van der Waals surface area contributed by atoms with Gasteiger partial charge >= 0.3 is 0 Å². The van der Waals surface area contributed by atoms with Crippen molar-refractivity contribution in [2.45, 2.75) is 38.5 Å². The molecular weight excluding hydrogens is 348 g/mol. The standard InChI is InChI=1S/C20H26N2O3S/c1-4-13-22(14-5-2)26(24,25)19-11-9-18(10-12-19)21-20(23)17-8-6-7-16(3)15-17/h6-12,15H,4-5,13-14H2,1-3H3,(H,21,23). The lowest BCUT2D eigenvalue weighted by molar-refractivity contribution is 0.102. The number of benzene rings is 2. The minimum atomic E-state index is -3.51. The van der Waals surface area contributed by atoms with E-state index >= 15 is 0 Å². The summed E-state index contributed by atoms with van der Waals surface area (Å²) in [7, 11) is -3.51. The molecule has 26 heavy (non-hydrogen) atoms. The van der Waals surface area contributed by atoms with Crippen molar-refractivity contribution >= 4 is 21.6 Å². The van der Waals surface area contributed by atoms with Gasteiger partial charge in [-0.05, 0) is 56.2 Å². The number of carbonyl (C=O) groups excluding carboxylic acids is 1. The second-order valence-corrected chi connectivity index (χ2v) is 8.19. The Morgan fingerprint density at radius 3 is 2.15 bits per heavy atom. The maximum absolute atomic E-state index is 12.7. The van der Waals surface area contributed by atoms with Crippen LogP contribution in [0.5, 0.6) is 0 Å². The fraction of sp³-hybridized carbons (Fsp3) is 0.350. The van der Waals surface area contributed by atoms with Gasteiger partial charge in [-0.3, -0.25) is 4.79 Å². The number of rotatable bonds is 8. The summed E-state index contributed by atoms with van der Waals surface area (Å²) in [6.45, 7) is 6.85. The van der Waals surface area contributed by atoms with Gasteiger partial charge in [-0.25, -0.2) is 8.42 Å². The van der Waals surface area contributed by atoms with E-state index in [1.54, 1.807) is 30.3 Å². The molecular formula is C20H26N2O3S. The van der Waals surface area contributed by atoms with Gasteiger partial charge in [0, 0.05) is 24.3 Å². The summed E-state index contributed by atoms with van der Waals surface area (Å²) >= 11 is 0. The van der Waals surface area contributed by atoms with E-state index in [0.29, 0.717) is 24.3 Å². The maximum Gasteiger partial charge on any atom is 0.255 e. The molecule has 0 bridgehead atoms. The molecule has 0 unspecified atom stereocenters. The molecule has 1 N–H and O–H groups in total. The average Bonchev–Trinajstić information content (AvgIpc) is 2.62. The van der Waals surface area contributed by atoms with Crippen molar-refractivity contribution in [2.75, 3.05) is 18.4 Å². The Hall–Kier alpha value is -2.18. The summed E-state index contributed by atoms with van der Waals surface area (Å²) < 4.78 is 27.0. The van der Waals surface area contributed by atoms with Crippen molar-refractivity contribution in [3.8, 4) is 0 Å². The monoisotopic (exact) mass is 374 g/mol. The number of carbonyl (C=O) groups is 1. The molecule has 2 aromatic carbocycles. The van der Waals surface area contributed by atoms with Crippen molar-refractivity contribution in [1.29, 1.82) is 0 Å². The SMILES string of the molecule is CCCN(CCC)S(=O)(=O)c1ccc(NC(=O)c2cccc(C)c2)cc1. The molecule has 0 aliphatic heterocycles. The molecule has 0 aliphatic rings. The lowest BCUT2D eigenvalue weighted by atomic mass is 10.1. The number of hydrogen-bond donors (Lipinski definition) is 1. The molecule has 2 rings (SSSR count). The summed E-state index contributed by atoms with van der Waals surface area (Å²) in [5, 5.41) is 2.80.